The SMILES string of the molecule is COc1ccc(C(C)(C)C)cc1NCc1nc[nH]c1C. The van der Waals surface area contributed by atoms with Crippen molar-refractivity contribution in [1.82, 2.24) is 9.97 Å². The number of imidazole rings is 1. The summed E-state index contributed by atoms with van der Waals surface area (Å²) in [6.45, 7) is 9.31. The van der Waals surface area contributed by atoms with Crippen LogP contribution in [0, 0.1) is 6.92 Å². The molecule has 0 amide bonds. The number of H-pyrrole nitrogens is 1. The minimum atomic E-state index is 0.116. The lowest BCUT2D eigenvalue weighted by Crippen LogP contribution is -2.12. The number of hydrogen-bond acceptors (Lipinski definition) is 3. The van der Waals surface area contributed by atoms with Gasteiger partial charge in [0, 0.05) is 5.69 Å². The van der Waals surface area contributed by atoms with Gasteiger partial charge in [0.1, 0.15) is 5.75 Å². The Morgan fingerprint density at radius 1 is 1.30 bits per heavy atom. The molecule has 2 N–H and O–H groups in total. The van der Waals surface area contributed by atoms with Crippen LogP contribution in [0.2, 0.25) is 0 Å². The molecule has 0 saturated heterocycles. The first-order valence-electron chi connectivity index (χ1n) is 6.83. The second kappa shape index (κ2) is 5.57. The molecule has 0 radical (unpaired) electrons. The molecule has 0 unspecified atom stereocenters. The highest BCUT2D eigenvalue weighted by molar-refractivity contribution is 5.59. The van der Waals surface area contributed by atoms with Gasteiger partial charge in [-0.1, -0.05) is 26.8 Å². The number of rotatable bonds is 4. The number of nitrogens with one attached hydrogen (secondary N) is 2. The van der Waals surface area contributed by atoms with Gasteiger partial charge in [0.25, 0.3) is 0 Å². The molecule has 4 heteroatoms. The lowest BCUT2D eigenvalue weighted by molar-refractivity contribution is 0.416. The van der Waals surface area contributed by atoms with E-state index in [0.717, 1.165) is 22.8 Å². The fourth-order valence-corrected chi connectivity index (χ4v) is 2.06. The van der Waals surface area contributed by atoms with E-state index >= 15 is 0 Å². The van der Waals surface area contributed by atoms with Gasteiger partial charge in [0.2, 0.25) is 0 Å². The molecular weight excluding hydrogens is 250 g/mol. The Morgan fingerprint density at radius 3 is 2.60 bits per heavy atom. The van der Waals surface area contributed by atoms with Gasteiger partial charge in [-0.05, 0) is 30.0 Å². The molecule has 0 atom stereocenters. The van der Waals surface area contributed by atoms with Crippen molar-refractivity contribution in [2.45, 2.75) is 39.7 Å². The van der Waals surface area contributed by atoms with Crippen molar-refractivity contribution in [3.05, 3.63) is 41.5 Å². The van der Waals surface area contributed by atoms with E-state index in [9.17, 15) is 0 Å². The molecular formula is C16H23N3O. The summed E-state index contributed by atoms with van der Waals surface area (Å²) in [5.41, 5.74) is 4.50. The molecule has 0 saturated carbocycles. The fourth-order valence-electron chi connectivity index (χ4n) is 2.06. The number of aromatic amines is 1. The van der Waals surface area contributed by atoms with Crippen molar-refractivity contribution in [2.75, 3.05) is 12.4 Å². The van der Waals surface area contributed by atoms with Gasteiger partial charge in [0.15, 0.2) is 0 Å². The van der Waals surface area contributed by atoms with E-state index in [-0.39, 0.29) is 5.41 Å². The first-order valence-corrected chi connectivity index (χ1v) is 6.83. The largest absolute Gasteiger partial charge is 0.495 e. The minimum absolute atomic E-state index is 0.116. The highest BCUT2D eigenvalue weighted by Crippen LogP contribution is 2.31. The first-order chi connectivity index (χ1) is 9.41. The molecule has 4 nitrogen and oxygen atoms in total. The van der Waals surface area contributed by atoms with Crippen LogP contribution >= 0.6 is 0 Å². The zero-order valence-corrected chi connectivity index (χ0v) is 12.9. The van der Waals surface area contributed by atoms with Gasteiger partial charge in [-0.3, -0.25) is 0 Å². The average molecular weight is 273 g/mol. The fraction of sp³-hybridized carbons (Fsp3) is 0.438. The van der Waals surface area contributed by atoms with Gasteiger partial charge in [-0.15, -0.1) is 0 Å². The summed E-state index contributed by atoms with van der Waals surface area (Å²) in [5, 5.41) is 3.41. The van der Waals surface area contributed by atoms with Crippen LogP contribution in [0.1, 0.15) is 37.7 Å². The lowest BCUT2D eigenvalue weighted by atomic mass is 9.87. The van der Waals surface area contributed by atoms with Crippen LogP contribution in [0.5, 0.6) is 5.75 Å². The van der Waals surface area contributed by atoms with E-state index in [4.69, 9.17) is 4.74 Å². The monoisotopic (exact) mass is 273 g/mol. The molecule has 1 heterocycles. The van der Waals surface area contributed by atoms with Crippen LogP contribution in [0.4, 0.5) is 5.69 Å². The Morgan fingerprint density at radius 2 is 2.05 bits per heavy atom. The quantitative estimate of drug-likeness (QED) is 0.894. The number of aromatic nitrogens is 2. The topological polar surface area (TPSA) is 49.9 Å². The molecule has 2 aromatic rings. The number of methoxy groups -OCH3 is 1. The molecule has 0 aliphatic heterocycles. The standard InChI is InChI=1S/C16H23N3O/c1-11-14(19-10-18-11)9-17-13-8-12(16(2,3)4)6-7-15(13)20-5/h6-8,10,17H,9H2,1-5H3,(H,18,19). The Bertz CT molecular complexity index is 582. The van der Waals surface area contributed by atoms with E-state index in [2.05, 4.69) is 48.2 Å². The Labute approximate surface area is 120 Å². The third kappa shape index (κ3) is 3.13. The van der Waals surface area contributed by atoms with Gasteiger partial charge in [0.05, 0.1) is 31.4 Å². The van der Waals surface area contributed by atoms with E-state index in [1.165, 1.54) is 5.56 Å². The third-order valence-electron chi connectivity index (χ3n) is 3.45. The zero-order valence-electron chi connectivity index (χ0n) is 12.9. The van der Waals surface area contributed by atoms with Gasteiger partial charge in [-0.25, -0.2) is 4.98 Å². The van der Waals surface area contributed by atoms with Gasteiger partial charge >= 0.3 is 0 Å². The molecule has 1 aromatic heterocycles. The Kier molecular flexibility index (Phi) is 4.02. The maximum Gasteiger partial charge on any atom is 0.141 e. The molecule has 0 spiro atoms. The summed E-state index contributed by atoms with van der Waals surface area (Å²) in [6, 6.07) is 6.28. The normalized spacial score (nSPS) is 11.4. The maximum absolute atomic E-state index is 5.42. The number of nitrogens with zero attached hydrogens (tertiary/aromatic N) is 1. The molecule has 0 aliphatic rings. The van der Waals surface area contributed by atoms with E-state index in [1.807, 2.05) is 13.0 Å². The highest BCUT2D eigenvalue weighted by Gasteiger charge is 2.16. The average Bonchev–Trinajstić information content (AvgIpc) is 2.80. The second-order valence-corrected chi connectivity index (χ2v) is 5.99. The van der Waals surface area contributed by atoms with Crippen LogP contribution in [0.3, 0.4) is 0 Å². The highest BCUT2D eigenvalue weighted by atomic mass is 16.5. The lowest BCUT2D eigenvalue weighted by Gasteiger charge is -2.21. The summed E-state index contributed by atoms with van der Waals surface area (Å²) >= 11 is 0. The van der Waals surface area contributed by atoms with Crippen LogP contribution < -0.4 is 10.1 Å². The van der Waals surface area contributed by atoms with Crippen molar-refractivity contribution >= 4 is 5.69 Å². The molecule has 0 aliphatic carbocycles. The molecule has 0 fully saturated rings. The number of anilines is 1. The van der Waals surface area contributed by atoms with Gasteiger partial charge in [-0.2, -0.15) is 0 Å². The van der Waals surface area contributed by atoms with Crippen molar-refractivity contribution < 1.29 is 4.74 Å². The number of aryl methyl sites for hydroxylation is 1. The van der Waals surface area contributed by atoms with Crippen molar-refractivity contribution in [1.29, 1.82) is 0 Å². The second-order valence-electron chi connectivity index (χ2n) is 5.99. The number of ether oxygens (including phenoxy) is 1. The summed E-state index contributed by atoms with van der Waals surface area (Å²) in [5.74, 6) is 0.853. The number of hydrogen-bond donors (Lipinski definition) is 2. The van der Waals surface area contributed by atoms with Crippen molar-refractivity contribution in [2.24, 2.45) is 0 Å². The molecule has 2 rings (SSSR count). The molecule has 108 valence electrons. The van der Waals surface area contributed by atoms with E-state index in [0.29, 0.717) is 6.54 Å². The molecule has 20 heavy (non-hydrogen) atoms. The van der Waals surface area contributed by atoms with Crippen molar-refractivity contribution in [3.63, 3.8) is 0 Å². The van der Waals surface area contributed by atoms with Crippen LogP contribution in [0.15, 0.2) is 24.5 Å². The Hall–Kier alpha value is -1.97. The third-order valence-corrected chi connectivity index (χ3v) is 3.45. The summed E-state index contributed by atoms with van der Waals surface area (Å²) in [4.78, 5) is 7.39. The van der Waals surface area contributed by atoms with E-state index < -0.39 is 0 Å². The predicted octanol–water partition coefficient (Wildman–Crippen LogP) is 3.64. The Balaban J connectivity index is 2.23. The smallest absolute Gasteiger partial charge is 0.141 e. The maximum atomic E-state index is 5.42. The van der Waals surface area contributed by atoms with Gasteiger partial charge < -0.3 is 15.0 Å². The van der Waals surface area contributed by atoms with Crippen molar-refractivity contribution in [3.8, 4) is 5.75 Å². The van der Waals surface area contributed by atoms with Crippen LogP contribution in [-0.2, 0) is 12.0 Å². The summed E-state index contributed by atoms with van der Waals surface area (Å²) in [7, 11) is 1.69. The predicted molar refractivity (Wildman–Crippen MR) is 82.3 cm³/mol. The molecule has 1 aromatic carbocycles. The number of benzene rings is 1. The van der Waals surface area contributed by atoms with Crippen LogP contribution in [-0.4, -0.2) is 17.1 Å². The molecule has 0 bridgehead atoms. The first kappa shape index (κ1) is 14.4. The summed E-state index contributed by atoms with van der Waals surface area (Å²) in [6.07, 6.45) is 1.72. The summed E-state index contributed by atoms with van der Waals surface area (Å²) < 4.78 is 5.42. The minimum Gasteiger partial charge on any atom is -0.495 e. The van der Waals surface area contributed by atoms with E-state index in [1.54, 1.807) is 13.4 Å². The zero-order chi connectivity index (χ0) is 14.8. The van der Waals surface area contributed by atoms with Crippen LogP contribution in [0.25, 0.3) is 0 Å².